The summed E-state index contributed by atoms with van der Waals surface area (Å²) in [5.74, 6) is 1.84. The molecule has 20 N–H and O–H groups in total. The van der Waals surface area contributed by atoms with Gasteiger partial charge in [-0.15, -0.1) is 0 Å². The van der Waals surface area contributed by atoms with Crippen LogP contribution in [0.1, 0.15) is 88.2 Å². The number of carbonyl (C=O) groups is 4. The summed E-state index contributed by atoms with van der Waals surface area (Å²) >= 11 is 0. The van der Waals surface area contributed by atoms with Gasteiger partial charge in [0.2, 0.25) is 23.6 Å². The van der Waals surface area contributed by atoms with Crippen LogP contribution in [0.25, 0.3) is 0 Å². The first-order chi connectivity index (χ1) is 28.8. The van der Waals surface area contributed by atoms with E-state index in [9.17, 15) is 19.2 Å². The van der Waals surface area contributed by atoms with Crippen molar-refractivity contribution < 1.29 is 28.7 Å². The Bertz CT molecular complexity index is 1410. The molecule has 22 heteroatoms. The van der Waals surface area contributed by atoms with E-state index >= 15 is 0 Å². The van der Waals surface area contributed by atoms with E-state index in [4.69, 9.17) is 55.3 Å². The van der Waals surface area contributed by atoms with Gasteiger partial charge in [-0.2, -0.15) is 0 Å². The Morgan fingerprint density at radius 2 is 0.833 bits per heavy atom. The van der Waals surface area contributed by atoms with E-state index in [1.165, 1.54) is 0 Å². The molecule has 1 aliphatic heterocycles. The molecular formula is C38H70N14O6S2. The van der Waals surface area contributed by atoms with Crippen molar-refractivity contribution in [3.05, 3.63) is 23.3 Å². The SMILES string of the molecule is NC(N)=NCCCC[C@H](N)C(=O)NCCCC[C@H](N)C(=O)NCCOc1cc2c(cc1OCCNC(=O)[C@@H](N)CCCCNC(=O)[C@@H](N)CCCCN=C(N)N)CSSC2. The lowest BCUT2D eigenvalue weighted by molar-refractivity contribution is -0.123. The molecule has 4 atom stereocenters. The van der Waals surface area contributed by atoms with Crippen LogP contribution in [-0.4, -0.2) is 112 Å². The van der Waals surface area contributed by atoms with Crippen molar-refractivity contribution in [2.45, 2.75) is 113 Å². The Labute approximate surface area is 361 Å². The van der Waals surface area contributed by atoms with E-state index in [1.807, 2.05) is 12.1 Å². The molecule has 0 aliphatic carbocycles. The number of aliphatic imine (C=N–C) groups is 2. The van der Waals surface area contributed by atoms with Crippen molar-refractivity contribution in [2.75, 3.05) is 52.5 Å². The minimum absolute atomic E-state index is 0.0444. The van der Waals surface area contributed by atoms with Crippen LogP contribution in [-0.2, 0) is 30.7 Å². The zero-order valence-corrected chi connectivity index (χ0v) is 36.4. The number of ether oxygens (including phenoxy) is 2. The zero-order chi connectivity index (χ0) is 44.1. The number of amides is 4. The highest BCUT2D eigenvalue weighted by molar-refractivity contribution is 8.76. The summed E-state index contributed by atoms with van der Waals surface area (Å²) < 4.78 is 12.1. The summed E-state index contributed by atoms with van der Waals surface area (Å²) in [6, 6.07) is 1.33. The fraction of sp³-hybridized carbons (Fsp3) is 0.684. The highest BCUT2D eigenvalue weighted by Crippen LogP contribution is 2.41. The van der Waals surface area contributed by atoms with Gasteiger partial charge >= 0.3 is 0 Å². The molecule has 1 heterocycles. The van der Waals surface area contributed by atoms with Gasteiger partial charge in [-0.25, -0.2) is 0 Å². The van der Waals surface area contributed by atoms with Crippen LogP contribution in [0.3, 0.4) is 0 Å². The van der Waals surface area contributed by atoms with Crippen molar-refractivity contribution in [3.63, 3.8) is 0 Å². The summed E-state index contributed by atoms with van der Waals surface area (Å²) in [6.07, 6.45) is 7.56. The molecule has 4 amide bonds. The molecule has 0 radical (unpaired) electrons. The third-order valence-corrected chi connectivity index (χ3v) is 11.6. The largest absolute Gasteiger partial charge is 0.488 e. The molecule has 1 aromatic rings. The van der Waals surface area contributed by atoms with Crippen LogP contribution in [0.5, 0.6) is 11.5 Å². The number of fused-ring (bicyclic) bond motifs is 1. The van der Waals surface area contributed by atoms with Crippen molar-refractivity contribution in [1.82, 2.24) is 21.3 Å². The molecule has 0 saturated carbocycles. The molecule has 60 heavy (non-hydrogen) atoms. The van der Waals surface area contributed by atoms with Crippen LogP contribution in [0.2, 0.25) is 0 Å². The normalized spacial score (nSPS) is 14.0. The zero-order valence-electron chi connectivity index (χ0n) is 34.8. The molecule has 1 aliphatic rings. The second kappa shape index (κ2) is 30.8. The Morgan fingerprint density at radius 1 is 0.517 bits per heavy atom. The summed E-state index contributed by atoms with van der Waals surface area (Å²) in [6.45, 7) is 2.76. The number of nitrogens with zero attached hydrogens (tertiary/aromatic N) is 2. The molecule has 0 aromatic heterocycles. The lowest BCUT2D eigenvalue weighted by Gasteiger charge is -2.20. The monoisotopic (exact) mass is 883 g/mol. The summed E-state index contributed by atoms with van der Waals surface area (Å²) in [5.41, 5.74) is 47.7. The van der Waals surface area contributed by atoms with Gasteiger partial charge in [0, 0.05) is 37.7 Å². The number of guanidine groups is 2. The molecular weight excluding hydrogens is 813 g/mol. The van der Waals surface area contributed by atoms with Gasteiger partial charge in [-0.1, -0.05) is 21.6 Å². The van der Waals surface area contributed by atoms with Crippen molar-refractivity contribution in [1.29, 1.82) is 0 Å². The molecule has 0 saturated heterocycles. The fourth-order valence-corrected chi connectivity index (χ4v) is 8.06. The number of unbranched alkanes of at least 4 members (excludes halogenated alkanes) is 4. The maximum absolute atomic E-state index is 12.6. The van der Waals surface area contributed by atoms with Crippen LogP contribution in [0.4, 0.5) is 0 Å². The van der Waals surface area contributed by atoms with Gasteiger partial charge in [0.1, 0.15) is 13.2 Å². The van der Waals surface area contributed by atoms with E-state index in [0.717, 1.165) is 48.3 Å². The molecule has 1 aromatic carbocycles. The van der Waals surface area contributed by atoms with E-state index in [0.29, 0.717) is 89.0 Å². The van der Waals surface area contributed by atoms with Crippen LogP contribution in [0.15, 0.2) is 22.1 Å². The predicted molar refractivity (Wildman–Crippen MR) is 241 cm³/mol. The summed E-state index contributed by atoms with van der Waals surface area (Å²) in [5, 5.41) is 11.3. The van der Waals surface area contributed by atoms with Crippen LogP contribution >= 0.6 is 21.6 Å². The maximum Gasteiger partial charge on any atom is 0.237 e. The standard InChI is InChI=1S/C38H70N14O6S2/c39-27(11-3-7-15-51-37(43)44)33(53)47-13-5-1-9-29(41)35(55)49-17-19-57-31-21-25-23-59-60-24-26(25)22-32(31)58-20-18-50-36(56)30(42)10-2-6-14-48-34(54)28(40)12-4-8-16-52-38(45)46/h21-22,27-30H,1-20,23-24,39-42H2,(H,47,53)(H,48,54)(H,49,55)(H,50,56)(H4,43,44,51)(H4,45,46,52)/t27-,28-,29-,30-/m0/s1. The van der Waals surface area contributed by atoms with Gasteiger partial charge in [-0.05, 0) is 100 Å². The van der Waals surface area contributed by atoms with Crippen molar-refractivity contribution in [3.8, 4) is 11.5 Å². The Kier molecular flexibility index (Phi) is 26.6. The van der Waals surface area contributed by atoms with Gasteiger partial charge in [0.15, 0.2) is 23.4 Å². The summed E-state index contributed by atoms with van der Waals surface area (Å²) in [4.78, 5) is 57.5. The first-order valence-electron chi connectivity index (χ1n) is 20.7. The van der Waals surface area contributed by atoms with E-state index < -0.39 is 24.2 Å². The van der Waals surface area contributed by atoms with Crippen molar-refractivity contribution in [2.24, 2.45) is 55.9 Å². The third kappa shape index (κ3) is 23.0. The molecule has 0 fully saturated rings. The number of nitrogens with two attached hydrogens (primary N) is 8. The first-order valence-corrected chi connectivity index (χ1v) is 23.2. The van der Waals surface area contributed by atoms with Gasteiger partial charge in [0.05, 0.1) is 37.3 Å². The van der Waals surface area contributed by atoms with E-state index in [2.05, 4.69) is 31.3 Å². The number of rotatable bonds is 32. The number of hydrogen-bond acceptors (Lipinski definition) is 14. The lowest BCUT2D eigenvalue weighted by atomic mass is 10.1. The van der Waals surface area contributed by atoms with E-state index in [-0.39, 0.29) is 61.9 Å². The number of hydrogen-bond donors (Lipinski definition) is 12. The fourth-order valence-electron chi connectivity index (χ4n) is 5.84. The average Bonchev–Trinajstić information content (AvgIpc) is 3.22. The quantitative estimate of drug-likeness (QED) is 0.0176. The minimum atomic E-state index is -0.698. The van der Waals surface area contributed by atoms with Crippen molar-refractivity contribution >= 4 is 57.1 Å². The van der Waals surface area contributed by atoms with Gasteiger partial charge in [-0.3, -0.25) is 29.2 Å². The minimum Gasteiger partial charge on any atom is -0.488 e. The number of nitrogens with one attached hydrogen (secondary N) is 4. The molecule has 340 valence electrons. The topological polar surface area (TPSA) is 368 Å². The Balaban J connectivity index is 1.64. The van der Waals surface area contributed by atoms with Crippen LogP contribution < -0.4 is 76.6 Å². The highest BCUT2D eigenvalue weighted by Gasteiger charge is 2.19. The van der Waals surface area contributed by atoms with Gasteiger partial charge < -0.3 is 76.6 Å². The number of carbonyl (C=O) groups excluding carboxylic acids is 4. The van der Waals surface area contributed by atoms with Gasteiger partial charge in [0.25, 0.3) is 0 Å². The van der Waals surface area contributed by atoms with Crippen LogP contribution in [0, 0.1) is 0 Å². The Morgan fingerprint density at radius 3 is 1.17 bits per heavy atom. The molecule has 0 spiro atoms. The first kappa shape index (κ1) is 51.9. The smallest absolute Gasteiger partial charge is 0.237 e. The maximum atomic E-state index is 12.6. The average molecular weight is 883 g/mol. The number of benzene rings is 1. The molecule has 20 nitrogen and oxygen atoms in total. The molecule has 0 unspecified atom stereocenters. The highest BCUT2D eigenvalue weighted by atomic mass is 33.1. The van der Waals surface area contributed by atoms with E-state index in [1.54, 1.807) is 21.6 Å². The predicted octanol–water partition coefficient (Wildman–Crippen LogP) is -1.16. The lowest BCUT2D eigenvalue weighted by Crippen LogP contribution is -2.42. The third-order valence-electron chi connectivity index (χ3n) is 9.36. The molecule has 2 rings (SSSR count). The molecule has 0 bridgehead atoms. The summed E-state index contributed by atoms with van der Waals surface area (Å²) in [7, 11) is 3.54. The Hall–Kier alpha value is -4.22. The second-order valence-corrected chi connectivity index (χ2v) is 16.9. The second-order valence-electron chi connectivity index (χ2n) is 14.5.